The molecule has 40 heavy (non-hydrogen) atoms. The lowest BCUT2D eigenvalue weighted by Crippen LogP contribution is -2.63. The molecule has 13 unspecified atom stereocenters. The third kappa shape index (κ3) is 3.93. The second kappa shape index (κ2) is 9.85. The van der Waals surface area contributed by atoms with Crippen molar-refractivity contribution < 1.29 is 35.1 Å². The maximum absolute atomic E-state index is 13.4. The Morgan fingerprint density at radius 3 is 2.45 bits per heavy atom. The van der Waals surface area contributed by atoms with E-state index in [9.17, 15) is 30.3 Å². The Morgan fingerprint density at radius 2 is 1.77 bits per heavy atom. The van der Waals surface area contributed by atoms with Gasteiger partial charge in [-0.15, -0.1) is 0 Å². The average molecular weight is 561 g/mol. The average Bonchev–Trinajstić information content (AvgIpc) is 3.61. The minimum absolute atomic E-state index is 0.00256. The molecule has 1 heterocycles. The second-order valence-electron chi connectivity index (χ2n) is 15.4. The van der Waals surface area contributed by atoms with Crippen LogP contribution < -0.4 is 0 Å². The molecule has 0 aromatic heterocycles. The first-order valence-corrected chi connectivity index (χ1v) is 16.1. The molecule has 0 bridgehead atoms. The number of allylic oxidation sites excluding steroid dienone is 1. The summed E-state index contributed by atoms with van der Waals surface area (Å²) in [6.07, 6.45) is 8.24. The van der Waals surface area contributed by atoms with E-state index in [0.29, 0.717) is 38.0 Å². The van der Waals surface area contributed by atoms with Gasteiger partial charge in [-0.25, -0.2) is 0 Å². The van der Waals surface area contributed by atoms with Crippen LogP contribution in [0.2, 0.25) is 0 Å². The zero-order valence-corrected chi connectivity index (χ0v) is 24.9. The van der Waals surface area contributed by atoms with Crippen molar-refractivity contribution in [2.75, 3.05) is 6.61 Å². The van der Waals surface area contributed by atoms with Gasteiger partial charge in [0, 0.05) is 11.3 Å². The Kier molecular flexibility index (Phi) is 7.20. The van der Waals surface area contributed by atoms with E-state index < -0.39 is 34.9 Å². The molecule has 1 saturated heterocycles. The molecule has 4 saturated carbocycles. The minimum Gasteiger partial charge on any atom is -0.394 e. The summed E-state index contributed by atoms with van der Waals surface area (Å²) >= 11 is 0. The van der Waals surface area contributed by atoms with Gasteiger partial charge in [0.1, 0.15) is 6.10 Å². The highest BCUT2D eigenvalue weighted by molar-refractivity contribution is 5.95. The smallest absolute Gasteiger partial charge is 0.159 e. The van der Waals surface area contributed by atoms with E-state index in [1.54, 1.807) is 13.0 Å². The number of aliphatic hydroxyl groups is 5. The van der Waals surface area contributed by atoms with Crippen LogP contribution >= 0.6 is 0 Å². The molecule has 13 atom stereocenters. The number of carbonyl (C=O) groups is 1. The third-order valence-corrected chi connectivity index (χ3v) is 13.7. The molecule has 0 spiro atoms. The number of fused-ring (bicyclic) bond motifs is 5. The van der Waals surface area contributed by atoms with Crippen LogP contribution in [0.5, 0.6) is 0 Å². The van der Waals surface area contributed by atoms with Crippen LogP contribution in [0.15, 0.2) is 11.6 Å². The number of hydrogen-bond acceptors (Lipinski definition) is 7. The van der Waals surface area contributed by atoms with Gasteiger partial charge in [-0.3, -0.25) is 4.79 Å². The highest BCUT2D eigenvalue weighted by Gasteiger charge is 2.69. The van der Waals surface area contributed by atoms with Gasteiger partial charge >= 0.3 is 0 Å². The molecule has 6 aliphatic rings. The normalized spacial score (nSPS) is 51.5. The van der Waals surface area contributed by atoms with Crippen LogP contribution in [0.4, 0.5) is 0 Å². The summed E-state index contributed by atoms with van der Waals surface area (Å²) in [4.78, 5) is 13.4. The van der Waals surface area contributed by atoms with Gasteiger partial charge in [0.15, 0.2) is 5.78 Å². The molecule has 5 fully saturated rings. The Bertz CT molecular complexity index is 1030. The highest BCUT2D eigenvalue weighted by Crippen LogP contribution is 2.68. The quantitative estimate of drug-likeness (QED) is 0.348. The molecule has 7 nitrogen and oxygen atoms in total. The van der Waals surface area contributed by atoms with Crippen molar-refractivity contribution in [2.24, 2.45) is 46.3 Å². The first-order chi connectivity index (χ1) is 18.8. The monoisotopic (exact) mass is 560 g/mol. The van der Waals surface area contributed by atoms with E-state index in [2.05, 4.69) is 13.8 Å². The summed E-state index contributed by atoms with van der Waals surface area (Å²) in [7, 11) is 0. The molecule has 0 radical (unpaired) electrons. The molecule has 7 heteroatoms. The fourth-order valence-corrected chi connectivity index (χ4v) is 11.4. The molecule has 1 aliphatic heterocycles. The van der Waals surface area contributed by atoms with Gasteiger partial charge in [0.25, 0.3) is 0 Å². The van der Waals surface area contributed by atoms with Gasteiger partial charge in [-0.05, 0) is 98.5 Å². The predicted molar refractivity (Wildman–Crippen MR) is 150 cm³/mol. The topological polar surface area (TPSA) is 127 Å². The van der Waals surface area contributed by atoms with Crippen LogP contribution in [0, 0.1) is 46.3 Å². The zero-order valence-electron chi connectivity index (χ0n) is 24.9. The first kappa shape index (κ1) is 29.3. The number of rotatable bonds is 5. The largest absolute Gasteiger partial charge is 0.394 e. The van der Waals surface area contributed by atoms with Gasteiger partial charge in [-0.1, -0.05) is 46.5 Å². The first-order valence-electron chi connectivity index (χ1n) is 16.1. The number of ether oxygens (including phenoxy) is 1. The summed E-state index contributed by atoms with van der Waals surface area (Å²) in [6.45, 7) is 7.94. The van der Waals surface area contributed by atoms with E-state index in [0.717, 1.165) is 31.3 Å². The van der Waals surface area contributed by atoms with Crippen molar-refractivity contribution >= 4 is 5.78 Å². The molecule has 226 valence electrons. The van der Waals surface area contributed by atoms with Crippen LogP contribution in [0.25, 0.3) is 0 Å². The predicted octanol–water partition coefficient (Wildman–Crippen LogP) is 3.53. The van der Waals surface area contributed by atoms with Crippen molar-refractivity contribution in [2.45, 2.75) is 134 Å². The summed E-state index contributed by atoms with van der Waals surface area (Å²) in [6, 6.07) is 0. The molecule has 6 rings (SSSR count). The van der Waals surface area contributed by atoms with Crippen molar-refractivity contribution in [1.82, 2.24) is 0 Å². The number of ketones is 1. The standard InChI is InChI=1S/C33H52O7/c1-18-27(19-7-5-6-8-19)25(17-34)40-28(18)29(37)32(4,38)26-11-14-33(39)22-16-24(36)23-15-20(35)9-12-30(23,2)21(22)10-13-31(26,33)3/h16,18-21,23,25-29,34-35,37-39H,5-15,17H2,1-4H3. The van der Waals surface area contributed by atoms with Gasteiger partial charge < -0.3 is 30.3 Å². The van der Waals surface area contributed by atoms with Crippen molar-refractivity contribution in [3.63, 3.8) is 0 Å². The van der Waals surface area contributed by atoms with E-state index in [1.807, 2.05) is 6.92 Å². The number of carbonyl (C=O) groups excluding carboxylic acids is 1. The van der Waals surface area contributed by atoms with E-state index >= 15 is 0 Å². The van der Waals surface area contributed by atoms with E-state index in [1.165, 1.54) is 12.8 Å². The molecular weight excluding hydrogens is 508 g/mol. The molecule has 0 amide bonds. The van der Waals surface area contributed by atoms with E-state index in [4.69, 9.17) is 4.74 Å². The van der Waals surface area contributed by atoms with Crippen LogP contribution in [-0.4, -0.2) is 73.5 Å². The lowest BCUT2D eigenvalue weighted by molar-refractivity contribution is -0.197. The Morgan fingerprint density at radius 1 is 1.07 bits per heavy atom. The van der Waals surface area contributed by atoms with Crippen molar-refractivity contribution in [1.29, 1.82) is 0 Å². The molecule has 0 aromatic rings. The summed E-state index contributed by atoms with van der Waals surface area (Å²) in [5.74, 6) is 0.128. The van der Waals surface area contributed by atoms with Crippen LogP contribution in [-0.2, 0) is 9.53 Å². The van der Waals surface area contributed by atoms with Crippen LogP contribution in [0.3, 0.4) is 0 Å². The Hall–Kier alpha value is -0.830. The molecular formula is C33H52O7. The lowest BCUT2D eigenvalue weighted by Gasteiger charge is -2.60. The van der Waals surface area contributed by atoms with Gasteiger partial charge in [0.2, 0.25) is 0 Å². The minimum atomic E-state index is -1.52. The fourth-order valence-electron chi connectivity index (χ4n) is 11.4. The maximum atomic E-state index is 13.4. The number of aliphatic hydroxyl groups excluding tert-OH is 3. The molecule has 5 aliphatic carbocycles. The molecule has 5 N–H and O–H groups in total. The Labute approximate surface area is 239 Å². The maximum Gasteiger partial charge on any atom is 0.159 e. The van der Waals surface area contributed by atoms with E-state index in [-0.39, 0.29) is 53.5 Å². The highest BCUT2D eigenvalue weighted by atomic mass is 16.5. The summed E-state index contributed by atoms with van der Waals surface area (Å²) in [5, 5.41) is 57.0. The third-order valence-electron chi connectivity index (χ3n) is 13.7. The van der Waals surface area contributed by atoms with Gasteiger partial charge in [-0.2, -0.15) is 0 Å². The van der Waals surface area contributed by atoms with Gasteiger partial charge in [0.05, 0.1) is 36.1 Å². The summed E-state index contributed by atoms with van der Waals surface area (Å²) in [5.41, 5.74) is -2.91. The SMILES string of the molecule is CC1C(C(O)C(C)(O)C2CCC3(O)C4=CC(=O)C5CC(O)CCC5(C)C4CCC23C)OC(CO)C1C1CCCC1. The van der Waals surface area contributed by atoms with Crippen molar-refractivity contribution in [3.8, 4) is 0 Å². The zero-order chi connectivity index (χ0) is 28.8. The Balaban J connectivity index is 1.28. The fraction of sp³-hybridized carbons (Fsp3) is 0.909. The number of hydrogen-bond donors (Lipinski definition) is 5. The lowest BCUT2D eigenvalue weighted by atomic mass is 9.46. The second-order valence-corrected chi connectivity index (χ2v) is 15.4. The van der Waals surface area contributed by atoms with Crippen molar-refractivity contribution in [3.05, 3.63) is 11.6 Å². The van der Waals surface area contributed by atoms with Crippen LogP contribution in [0.1, 0.15) is 98.3 Å². The molecule has 0 aromatic carbocycles. The summed E-state index contributed by atoms with van der Waals surface area (Å²) < 4.78 is 6.33.